The van der Waals surface area contributed by atoms with Crippen LogP contribution in [0.4, 0.5) is 22.7 Å². The summed E-state index contributed by atoms with van der Waals surface area (Å²) in [5.41, 5.74) is 17.2. The number of aryl methyl sites for hydroxylation is 1. The summed E-state index contributed by atoms with van der Waals surface area (Å²) in [4.78, 5) is 4.75. The van der Waals surface area contributed by atoms with Gasteiger partial charge < -0.3 is 21.3 Å². The minimum Gasteiger partial charge on any atom is -0.399 e. The summed E-state index contributed by atoms with van der Waals surface area (Å²) in [5, 5.41) is 0. The first-order valence-corrected chi connectivity index (χ1v) is 7.35. The molecule has 0 spiro atoms. The van der Waals surface area contributed by atoms with Crippen LogP contribution in [0.25, 0.3) is 0 Å². The summed E-state index contributed by atoms with van der Waals surface area (Å²) in [7, 11) is 0. The average Bonchev–Trinajstić information content (AvgIpc) is 2.48. The molecule has 0 bridgehead atoms. The Hall–Kier alpha value is -2.36. The minimum atomic E-state index is 0.810. The molecule has 1 aliphatic heterocycles. The zero-order chi connectivity index (χ0) is 14.8. The first-order chi connectivity index (χ1) is 10.1. The lowest BCUT2D eigenvalue weighted by atomic mass is 10.1. The molecule has 110 valence electrons. The van der Waals surface area contributed by atoms with Gasteiger partial charge in [-0.3, -0.25) is 0 Å². The maximum atomic E-state index is 6.15. The lowest BCUT2D eigenvalue weighted by Gasteiger charge is -2.38. The molecule has 0 aromatic heterocycles. The fraction of sp³-hybridized carbons (Fsp3) is 0.294. The van der Waals surface area contributed by atoms with Gasteiger partial charge in [0.1, 0.15) is 0 Å². The van der Waals surface area contributed by atoms with Crippen molar-refractivity contribution in [3.63, 3.8) is 0 Å². The van der Waals surface area contributed by atoms with Crippen LogP contribution in [0.1, 0.15) is 5.56 Å². The van der Waals surface area contributed by atoms with Crippen LogP contribution in [0.3, 0.4) is 0 Å². The minimum absolute atomic E-state index is 0.810. The molecule has 4 heteroatoms. The number of nitrogens with two attached hydrogens (primary N) is 2. The standard InChI is InChI=1S/C17H22N4/c1-13-2-7-17(16(19)12-13)21-10-8-20(9-11-21)15-5-3-14(18)4-6-15/h2-7,12H,8-11,18-19H2,1H3. The highest BCUT2D eigenvalue weighted by Crippen LogP contribution is 2.26. The molecule has 1 heterocycles. The van der Waals surface area contributed by atoms with Crippen LogP contribution in [0, 0.1) is 6.92 Å². The lowest BCUT2D eigenvalue weighted by Crippen LogP contribution is -2.46. The van der Waals surface area contributed by atoms with E-state index >= 15 is 0 Å². The highest BCUT2D eigenvalue weighted by molar-refractivity contribution is 5.69. The Morgan fingerprint density at radius 1 is 0.810 bits per heavy atom. The van der Waals surface area contributed by atoms with Crippen LogP contribution in [-0.2, 0) is 0 Å². The molecule has 0 amide bonds. The quantitative estimate of drug-likeness (QED) is 0.831. The van der Waals surface area contributed by atoms with Crippen molar-refractivity contribution >= 4 is 22.7 Å². The molecule has 4 N–H and O–H groups in total. The van der Waals surface area contributed by atoms with Gasteiger partial charge >= 0.3 is 0 Å². The maximum absolute atomic E-state index is 6.15. The van der Waals surface area contributed by atoms with Crippen LogP contribution in [0.2, 0.25) is 0 Å². The molecular weight excluding hydrogens is 260 g/mol. The normalized spacial score (nSPS) is 15.3. The third kappa shape index (κ3) is 2.89. The van der Waals surface area contributed by atoms with E-state index in [0.717, 1.165) is 43.2 Å². The van der Waals surface area contributed by atoms with Crippen molar-refractivity contribution in [2.24, 2.45) is 0 Å². The van der Waals surface area contributed by atoms with E-state index in [2.05, 4.69) is 41.0 Å². The first-order valence-electron chi connectivity index (χ1n) is 7.35. The fourth-order valence-corrected chi connectivity index (χ4v) is 2.85. The molecular formula is C17H22N4. The van der Waals surface area contributed by atoms with Gasteiger partial charge in [-0.1, -0.05) is 6.07 Å². The third-order valence-corrected chi connectivity index (χ3v) is 4.06. The lowest BCUT2D eigenvalue weighted by molar-refractivity contribution is 0.654. The second-order valence-corrected chi connectivity index (χ2v) is 5.63. The number of hydrogen-bond donors (Lipinski definition) is 2. The molecule has 4 nitrogen and oxygen atoms in total. The van der Waals surface area contributed by atoms with E-state index in [1.807, 2.05) is 18.2 Å². The third-order valence-electron chi connectivity index (χ3n) is 4.06. The molecule has 0 unspecified atom stereocenters. The monoisotopic (exact) mass is 282 g/mol. The van der Waals surface area contributed by atoms with Crippen molar-refractivity contribution in [3.05, 3.63) is 48.0 Å². The average molecular weight is 282 g/mol. The molecule has 1 fully saturated rings. The van der Waals surface area contributed by atoms with Crippen molar-refractivity contribution in [2.45, 2.75) is 6.92 Å². The zero-order valence-electron chi connectivity index (χ0n) is 12.4. The molecule has 0 radical (unpaired) electrons. The van der Waals surface area contributed by atoms with Crippen LogP contribution in [0.5, 0.6) is 0 Å². The summed E-state index contributed by atoms with van der Waals surface area (Å²) >= 11 is 0. The molecule has 1 aliphatic rings. The topological polar surface area (TPSA) is 58.5 Å². The van der Waals surface area contributed by atoms with Gasteiger partial charge in [-0.15, -0.1) is 0 Å². The zero-order valence-corrected chi connectivity index (χ0v) is 12.4. The van der Waals surface area contributed by atoms with E-state index in [9.17, 15) is 0 Å². The molecule has 2 aromatic rings. The molecule has 3 rings (SSSR count). The Labute approximate surface area is 126 Å². The van der Waals surface area contributed by atoms with E-state index in [4.69, 9.17) is 11.5 Å². The van der Waals surface area contributed by atoms with Gasteiger partial charge in [0, 0.05) is 37.6 Å². The van der Waals surface area contributed by atoms with Gasteiger partial charge in [0.05, 0.1) is 11.4 Å². The van der Waals surface area contributed by atoms with Gasteiger partial charge in [-0.05, 0) is 48.9 Å². The Morgan fingerprint density at radius 2 is 1.43 bits per heavy atom. The molecule has 0 atom stereocenters. The second kappa shape index (κ2) is 5.56. The Balaban J connectivity index is 1.68. The molecule has 21 heavy (non-hydrogen) atoms. The van der Waals surface area contributed by atoms with Crippen molar-refractivity contribution in [1.82, 2.24) is 0 Å². The number of anilines is 4. The van der Waals surface area contributed by atoms with Crippen molar-refractivity contribution in [1.29, 1.82) is 0 Å². The molecule has 1 saturated heterocycles. The number of hydrogen-bond acceptors (Lipinski definition) is 4. The van der Waals surface area contributed by atoms with Crippen LogP contribution < -0.4 is 21.3 Å². The summed E-state index contributed by atoms with van der Waals surface area (Å²) in [6.45, 7) is 6.03. The second-order valence-electron chi connectivity index (χ2n) is 5.63. The first kappa shape index (κ1) is 13.6. The van der Waals surface area contributed by atoms with Crippen molar-refractivity contribution in [2.75, 3.05) is 47.4 Å². The van der Waals surface area contributed by atoms with Crippen LogP contribution >= 0.6 is 0 Å². The number of benzene rings is 2. The Bertz CT molecular complexity index is 613. The van der Waals surface area contributed by atoms with Gasteiger partial charge in [-0.2, -0.15) is 0 Å². The Kier molecular flexibility index (Phi) is 3.60. The van der Waals surface area contributed by atoms with E-state index in [1.165, 1.54) is 11.3 Å². The van der Waals surface area contributed by atoms with E-state index in [-0.39, 0.29) is 0 Å². The van der Waals surface area contributed by atoms with Crippen molar-refractivity contribution < 1.29 is 0 Å². The summed E-state index contributed by atoms with van der Waals surface area (Å²) in [6.07, 6.45) is 0. The Morgan fingerprint density at radius 3 is 2.05 bits per heavy atom. The van der Waals surface area contributed by atoms with Gasteiger partial charge in [-0.25, -0.2) is 0 Å². The van der Waals surface area contributed by atoms with Gasteiger partial charge in [0.25, 0.3) is 0 Å². The van der Waals surface area contributed by atoms with Crippen LogP contribution in [-0.4, -0.2) is 26.2 Å². The van der Waals surface area contributed by atoms with Gasteiger partial charge in [0.15, 0.2) is 0 Å². The fourth-order valence-electron chi connectivity index (χ4n) is 2.85. The van der Waals surface area contributed by atoms with Crippen LogP contribution in [0.15, 0.2) is 42.5 Å². The largest absolute Gasteiger partial charge is 0.399 e. The molecule has 0 saturated carbocycles. The number of piperazine rings is 1. The van der Waals surface area contributed by atoms with E-state index in [1.54, 1.807) is 0 Å². The highest BCUT2D eigenvalue weighted by Gasteiger charge is 2.18. The highest BCUT2D eigenvalue weighted by atomic mass is 15.3. The summed E-state index contributed by atoms with van der Waals surface area (Å²) in [5.74, 6) is 0. The predicted octanol–water partition coefficient (Wildman–Crippen LogP) is 2.49. The number of nitrogen functional groups attached to an aromatic ring is 2. The summed E-state index contributed by atoms with van der Waals surface area (Å²) < 4.78 is 0. The molecule has 2 aromatic carbocycles. The maximum Gasteiger partial charge on any atom is 0.0601 e. The predicted molar refractivity (Wildman–Crippen MR) is 90.9 cm³/mol. The SMILES string of the molecule is Cc1ccc(N2CCN(c3ccc(N)cc3)CC2)c(N)c1. The van der Waals surface area contributed by atoms with Crippen molar-refractivity contribution in [3.8, 4) is 0 Å². The molecule has 0 aliphatic carbocycles. The van der Waals surface area contributed by atoms with E-state index in [0.29, 0.717) is 0 Å². The summed E-state index contributed by atoms with van der Waals surface area (Å²) in [6, 6.07) is 14.4. The van der Waals surface area contributed by atoms with E-state index < -0.39 is 0 Å². The number of rotatable bonds is 2. The van der Waals surface area contributed by atoms with Gasteiger partial charge in [0.2, 0.25) is 0 Å². The smallest absolute Gasteiger partial charge is 0.0601 e. The number of nitrogens with zero attached hydrogens (tertiary/aromatic N) is 2.